The lowest BCUT2D eigenvalue weighted by Crippen LogP contribution is -1.88. The van der Waals surface area contributed by atoms with Gasteiger partial charge in [-0.1, -0.05) is 12.1 Å². The summed E-state index contributed by atoms with van der Waals surface area (Å²) in [5.74, 6) is 0.583. The van der Waals surface area contributed by atoms with Gasteiger partial charge in [-0.3, -0.25) is 0 Å². The van der Waals surface area contributed by atoms with Gasteiger partial charge in [0, 0.05) is 6.07 Å². The zero-order chi connectivity index (χ0) is 9.52. The zero-order valence-electron chi connectivity index (χ0n) is 7.40. The van der Waals surface area contributed by atoms with E-state index >= 15 is 0 Å². The fourth-order valence-corrected chi connectivity index (χ4v) is 0.870. The van der Waals surface area contributed by atoms with Crippen molar-refractivity contribution in [1.82, 2.24) is 4.98 Å². The first kappa shape index (κ1) is 9.27. The van der Waals surface area contributed by atoms with Crippen LogP contribution in [-0.2, 0) is 0 Å². The molecule has 0 aromatic carbocycles. The van der Waals surface area contributed by atoms with E-state index in [2.05, 4.69) is 4.98 Å². The predicted octanol–water partition coefficient (Wildman–Crippen LogP) is 2.02. The lowest BCUT2D eigenvalue weighted by atomic mass is 10.3. The van der Waals surface area contributed by atoms with Crippen LogP contribution in [0.15, 0.2) is 24.3 Å². The summed E-state index contributed by atoms with van der Waals surface area (Å²) in [6.45, 7) is 0. The van der Waals surface area contributed by atoms with Gasteiger partial charge < -0.3 is 4.74 Å². The molecule has 0 bridgehead atoms. The summed E-state index contributed by atoms with van der Waals surface area (Å²) in [5.41, 5.74) is 0.801. The van der Waals surface area contributed by atoms with Crippen molar-refractivity contribution in [2.24, 2.45) is 0 Å². The normalized spacial score (nSPS) is 9.85. The number of hydrogen-bond donors (Lipinski definition) is 0. The molecule has 0 spiro atoms. The van der Waals surface area contributed by atoms with Crippen molar-refractivity contribution < 1.29 is 4.74 Å². The summed E-state index contributed by atoms with van der Waals surface area (Å²) in [6, 6.07) is 7.52. The molecule has 0 aliphatic rings. The second kappa shape index (κ2) is 4.94. The molecular weight excluding hydrogens is 164 g/mol. The SMILES string of the molecule is COc1cccc(C=CCC#N)n1. The molecule has 1 rings (SSSR count). The molecule has 0 unspecified atom stereocenters. The molecule has 66 valence electrons. The van der Waals surface area contributed by atoms with Gasteiger partial charge in [-0.05, 0) is 12.1 Å². The first-order valence-corrected chi connectivity index (χ1v) is 3.91. The Balaban J connectivity index is 2.73. The van der Waals surface area contributed by atoms with E-state index in [0.717, 1.165) is 5.69 Å². The van der Waals surface area contributed by atoms with Gasteiger partial charge >= 0.3 is 0 Å². The molecule has 0 fully saturated rings. The first-order valence-electron chi connectivity index (χ1n) is 3.91. The van der Waals surface area contributed by atoms with Crippen molar-refractivity contribution in [2.75, 3.05) is 7.11 Å². The van der Waals surface area contributed by atoms with Crippen LogP contribution in [-0.4, -0.2) is 12.1 Å². The minimum absolute atomic E-state index is 0.402. The third kappa shape index (κ3) is 2.96. The average molecular weight is 174 g/mol. The second-order valence-electron chi connectivity index (χ2n) is 2.37. The molecule has 0 saturated heterocycles. The van der Waals surface area contributed by atoms with E-state index in [-0.39, 0.29) is 0 Å². The molecule has 3 nitrogen and oxygen atoms in total. The molecule has 0 saturated carbocycles. The van der Waals surface area contributed by atoms with E-state index in [1.165, 1.54) is 0 Å². The van der Waals surface area contributed by atoms with E-state index in [0.29, 0.717) is 12.3 Å². The maximum Gasteiger partial charge on any atom is 0.213 e. The van der Waals surface area contributed by atoms with Gasteiger partial charge in [-0.25, -0.2) is 4.98 Å². The van der Waals surface area contributed by atoms with Crippen molar-refractivity contribution >= 4 is 6.08 Å². The van der Waals surface area contributed by atoms with Crippen LogP contribution < -0.4 is 4.74 Å². The molecule has 0 N–H and O–H groups in total. The van der Waals surface area contributed by atoms with Crippen LogP contribution >= 0.6 is 0 Å². The van der Waals surface area contributed by atoms with Crippen LogP contribution in [0.1, 0.15) is 12.1 Å². The standard InChI is InChI=1S/C10H10N2O/c1-13-10-7-4-6-9(12-10)5-2-3-8-11/h2,4-7H,3H2,1H3. The van der Waals surface area contributed by atoms with Gasteiger partial charge in [0.1, 0.15) is 0 Å². The summed E-state index contributed by atoms with van der Waals surface area (Å²) >= 11 is 0. The number of nitriles is 1. The molecule has 13 heavy (non-hydrogen) atoms. The van der Waals surface area contributed by atoms with E-state index in [1.54, 1.807) is 25.3 Å². The summed E-state index contributed by atoms with van der Waals surface area (Å²) in [5, 5.41) is 8.30. The largest absolute Gasteiger partial charge is 0.481 e. The quantitative estimate of drug-likeness (QED) is 0.704. The van der Waals surface area contributed by atoms with Gasteiger partial charge in [0.15, 0.2) is 0 Å². The topological polar surface area (TPSA) is 45.9 Å². The number of pyridine rings is 1. The lowest BCUT2D eigenvalue weighted by Gasteiger charge is -1.97. The smallest absolute Gasteiger partial charge is 0.213 e. The van der Waals surface area contributed by atoms with Gasteiger partial charge in [-0.2, -0.15) is 5.26 Å². The highest BCUT2D eigenvalue weighted by Gasteiger charge is 1.91. The van der Waals surface area contributed by atoms with Crippen LogP contribution in [0.2, 0.25) is 0 Å². The molecule has 1 aromatic heterocycles. The lowest BCUT2D eigenvalue weighted by molar-refractivity contribution is 0.397. The number of allylic oxidation sites excluding steroid dienone is 1. The molecule has 0 amide bonds. The van der Waals surface area contributed by atoms with Crippen molar-refractivity contribution in [1.29, 1.82) is 5.26 Å². The molecule has 1 aromatic rings. The van der Waals surface area contributed by atoms with Crippen molar-refractivity contribution in [2.45, 2.75) is 6.42 Å². The number of ether oxygens (including phenoxy) is 1. The van der Waals surface area contributed by atoms with E-state index in [9.17, 15) is 0 Å². The van der Waals surface area contributed by atoms with Crippen LogP contribution in [0.4, 0.5) is 0 Å². The third-order valence-corrected chi connectivity index (χ3v) is 1.45. The summed E-state index contributed by atoms with van der Waals surface area (Å²) < 4.78 is 4.95. The predicted molar refractivity (Wildman–Crippen MR) is 50.1 cm³/mol. The van der Waals surface area contributed by atoms with E-state index < -0.39 is 0 Å². The zero-order valence-corrected chi connectivity index (χ0v) is 7.40. The minimum atomic E-state index is 0.402. The number of methoxy groups -OCH3 is 1. The van der Waals surface area contributed by atoms with E-state index in [4.69, 9.17) is 10.00 Å². The molecule has 0 aliphatic carbocycles. The molecule has 0 atom stereocenters. The molecule has 3 heteroatoms. The monoisotopic (exact) mass is 174 g/mol. The highest BCUT2D eigenvalue weighted by Crippen LogP contribution is 2.07. The Morgan fingerprint density at radius 2 is 2.46 bits per heavy atom. The Morgan fingerprint density at radius 1 is 1.62 bits per heavy atom. The average Bonchev–Trinajstić information content (AvgIpc) is 2.19. The highest BCUT2D eigenvalue weighted by atomic mass is 16.5. The van der Waals surface area contributed by atoms with Crippen LogP contribution in [0.25, 0.3) is 6.08 Å². The summed E-state index contributed by atoms with van der Waals surface area (Å²) in [7, 11) is 1.57. The Bertz CT molecular complexity index is 339. The van der Waals surface area contributed by atoms with Crippen molar-refractivity contribution in [3.8, 4) is 11.9 Å². The maximum absolute atomic E-state index is 8.30. The fraction of sp³-hybridized carbons (Fsp3) is 0.200. The van der Waals surface area contributed by atoms with Crippen LogP contribution in [0.3, 0.4) is 0 Å². The van der Waals surface area contributed by atoms with Gasteiger partial charge in [0.25, 0.3) is 0 Å². The molecule has 0 aliphatic heterocycles. The van der Waals surface area contributed by atoms with E-state index in [1.807, 2.05) is 18.2 Å². The van der Waals surface area contributed by atoms with Gasteiger partial charge in [-0.15, -0.1) is 0 Å². The third-order valence-electron chi connectivity index (χ3n) is 1.45. The number of nitrogens with zero attached hydrogens (tertiary/aromatic N) is 2. The van der Waals surface area contributed by atoms with Crippen LogP contribution in [0.5, 0.6) is 5.88 Å². The first-order chi connectivity index (χ1) is 6.36. The van der Waals surface area contributed by atoms with Crippen molar-refractivity contribution in [3.63, 3.8) is 0 Å². The number of hydrogen-bond acceptors (Lipinski definition) is 3. The summed E-state index contributed by atoms with van der Waals surface area (Å²) in [4.78, 5) is 4.14. The molecule has 1 heterocycles. The highest BCUT2D eigenvalue weighted by molar-refractivity contribution is 5.45. The summed E-state index contributed by atoms with van der Waals surface area (Å²) in [6.07, 6.45) is 3.96. The minimum Gasteiger partial charge on any atom is -0.481 e. The van der Waals surface area contributed by atoms with Gasteiger partial charge in [0.2, 0.25) is 5.88 Å². The number of rotatable bonds is 3. The van der Waals surface area contributed by atoms with Gasteiger partial charge in [0.05, 0.1) is 25.3 Å². The Kier molecular flexibility index (Phi) is 3.52. The maximum atomic E-state index is 8.30. The van der Waals surface area contributed by atoms with Crippen LogP contribution in [0, 0.1) is 11.3 Å². The Labute approximate surface area is 77.3 Å². The molecular formula is C10H10N2O. The van der Waals surface area contributed by atoms with Crippen molar-refractivity contribution in [3.05, 3.63) is 30.0 Å². The Morgan fingerprint density at radius 3 is 3.15 bits per heavy atom. The second-order valence-corrected chi connectivity index (χ2v) is 2.37. The Hall–Kier alpha value is -1.82. The molecule has 0 radical (unpaired) electrons. The number of aromatic nitrogens is 1. The fourth-order valence-electron chi connectivity index (χ4n) is 0.870.